The summed E-state index contributed by atoms with van der Waals surface area (Å²) in [5.74, 6) is 1.59. The van der Waals surface area contributed by atoms with Gasteiger partial charge in [0.1, 0.15) is 11.5 Å². The Labute approximate surface area is 87.7 Å². The summed E-state index contributed by atoms with van der Waals surface area (Å²) in [5, 5.41) is 0. The van der Waals surface area contributed by atoms with Crippen LogP contribution in [0, 0.1) is 0 Å². The van der Waals surface area contributed by atoms with Crippen molar-refractivity contribution in [1.29, 1.82) is 0 Å². The monoisotopic (exact) mass is 204 g/mol. The van der Waals surface area contributed by atoms with Gasteiger partial charge in [0.25, 0.3) is 6.01 Å². The van der Waals surface area contributed by atoms with E-state index in [4.69, 9.17) is 14.9 Å². The van der Waals surface area contributed by atoms with Crippen LogP contribution >= 0.6 is 0 Å². The molecule has 0 aliphatic rings. The summed E-state index contributed by atoms with van der Waals surface area (Å²) < 4.78 is 10.6. The number of rotatable bonds is 4. The zero-order valence-corrected chi connectivity index (χ0v) is 8.22. The van der Waals surface area contributed by atoms with Crippen molar-refractivity contribution in [3.05, 3.63) is 42.3 Å². The number of hydrogen-bond donors (Lipinski definition) is 1. The maximum atomic E-state index is 5.49. The van der Waals surface area contributed by atoms with Crippen molar-refractivity contribution in [2.45, 2.75) is 6.42 Å². The Kier molecular flexibility index (Phi) is 2.88. The van der Waals surface area contributed by atoms with Crippen LogP contribution < -0.4 is 10.5 Å². The number of para-hydroxylation sites is 1. The van der Waals surface area contributed by atoms with Gasteiger partial charge in [-0.25, -0.2) is 4.98 Å². The molecule has 78 valence electrons. The number of nitrogens with two attached hydrogens (primary N) is 1. The number of aromatic nitrogens is 1. The van der Waals surface area contributed by atoms with Crippen molar-refractivity contribution in [3.63, 3.8) is 0 Å². The summed E-state index contributed by atoms with van der Waals surface area (Å²) in [6.45, 7) is 0.554. The number of hydrogen-bond acceptors (Lipinski definition) is 4. The van der Waals surface area contributed by atoms with Crippen LogP contribution in [0.2, 0.25) is 0 Å². The van der Waals surface area contributed by atoms with E-state index >= 15 is 0 Å². The van der Waals surface area contributed by atoms with Gasteiger partial charge in [-0.1, -0.05) is 18.2 Å². The lowest BCUT2D eigenvalue weighted by Crippen LogP contribution is -2.00. The minimum absolute atomic E-state index is 0.199. The van der Waals surface area contributed by atoms with E-state index in [-0.39, 0.29) is 6.01 Å². The van der Waals surface area contributed by atoms with Gasteiger partial charge in [-0.05, 0) is 12.1 Å². The first-order valence-electron chi connectivity index (χ1n) is 4.72. The summed E-state index contributed by atoms with van der Waals surface area (Å²) in [7, 11) is 0. The first-order chi connectivity index (χ1) is 7.34. The van der Waals surface area contributed by atoms with Gasteiger partial charge in [-0.3, -0.25) is 0 Å². The molecule has 2 N–H and O–H groups in total. The molecule has 1 aromatic carbocycles. The number of nitrogen functional groups attached to an aromatic ring is 1. The van der Waals surface area contributed by atoms with E-state index in [0.717, 1.165) is 11.5 Å². The van der Waals surface area contributed by atoms with E-state index < -0.39 is 0 Å². The molecule has 0 aliphatic carbocycles. The van der Waals surface area contributed by atoms with Crippen LogP contribution in [-0.4, -0.2) is 11.6 Å². The van der Waals surface area contributed by atoms with Crippen molar-refractivity contribution in [1.82, 2.24) is 4.98 Å². The Balaban J connectivity index is 1.80. The smallest absolute Gasteiger partial charge is 0.292 e. The third-order valence-corrected chi connectivity index (χ3v) is 1.93. The molecule has 0 unspecified atom stereocenters. The highest BCUT2D eigenvalue weighted by molar-refractivity contribution is 5.21. The van der Waals surface area contributed by atoms with Gasteiger partial charge in [0, 0.05) is 6.42 Å². The fraction of sp³-hybridized carbons (Fsp3) is 0.182. The Bertz CT molecular complexity index is 412. The second kappa shape index (κ2) is 4.50. The molecule has 0 saturated heterocycles. The predicted octanol–water partition coefficient (Wildman–Crippen LogP) is 1.88. The van der Waals surface area contributed by atoms with Crippen molar-refractivity contribution >= 4 is 6.01 Å². The predicted molar refractivity (Wildman–Crippen MR) is 56.6 cm³/mol. The Morgan fingerprint density at radius 3 is 2.73 bits per heavy atom. The molecule has 0 aliphatic heterocycles. The second-order valence-corrected chi connectivity index (χ2v) is 3.08. The molecule has 0 amide bonds. The number of nitrogens with zero attached hydrogens (tertiary/aromatic N) is 1. The van der Waals surface area contributed by atoms with Gasteiger partial charge in [-0.15, -0.1) is 0 Å². The highest BCUT2D eigenvalue weighted by Crippen LogP contribution is 2.10. The van der Waals surface area contributed by atoms with Crippen LogP contribution in [-0.2, 0) is 6.42 Å². The Morgan fingerprint density at radius 1 is 1.27 bits per heavy atom. The normalized spacial score (nSPS) is 10.1. The van der Waals surface area contributed by atoms with Gasteiger partial charge < -0.3 is 14.9 Å². The van der Waals surface area contributed by atoms with Crippen molar-refractivity contribution in [2.24, 2.45) is 0 Å². The fourth-order valence-electron chi connectivity index (χ4n) is 1.22. The zero-order chi connectivity index (χ0) is 10.5. The fourth-order valence-corrected chi connectivity index (χ4v) is 1.22. The maximum Gasteiger partial charge on any atom is 0.292 e. The van der Waals surface area contributed by atoms with Crippen molar-refractivity contribution in [2.75, 3.05) is 12.3 Å². The zero-order valence-electron chi connectivity index (χ0n) is 8.22. The molecule has 0 bridgehead atoms. The molecular formula is C11H12N2O2. The number of oxazole rings is 1. The standard InChI is InChI=1S/C11H12N2O2/c12-11-13-8-10(15-11)6-7-14-9-4-2-1-3-5-9/h1-5,8H,6-7H2,(H2,12,13). The van der Waals surface area contributed by atoms with Gasteiger partial charge in [0.15, 0.2) is 0 Å². The molecule has 1 heterocycles. The molecule has 15 heavy (non-hydrogen) atoms. The number of ether oxygens (including phenoxy) is 1. The van der Waals surface area contributed by atoms with Crippen molar-refractivity contribution in [3.8, 4) is 5.75 Å². The largest absolute Gasteiger partial charge is 0.493 e. The summed E-state index contributed by atoms with van der Waals surface area (Å²) in [6, 6.07) is 9.83. The van der Waals surface area contributed by atoms with Gasteiger partial charge >= 0.3 is 0 Å². The molecule has 0 fully saturated rings. The minimum atomic E-state index is 0.199. The van der Waals surface area contributed by atoms with Crippen LogP contribution in [0.25, 0.3) is 0 Å². The topological polar surface area (TPSA) is 61.3 Å². The first-order valence-corrected chi connectivity index (χ1v) is 4.72. The van der Waals surface area contributed by atoms with Crippen LogP contribution in [0.3, 0.4) is 0 Å². The van der Waals surface area contributed by atoms with Crippen LogP contribution in [0.1, 0.15) is 5.76 Å². The quantitative estimate of drug-likeness (QED) is 0.825. The highest BCUT2D eigenvalue weighted by atomic mass is 16.5. The van der Waals surface area contributed by atoms with E-state index in [1.807, 2.05) is 30.3 Å². The molecular weight excluding hydrogens is 192 g/mol. The number of anilines is 1. The van der Waals surface area contributed by atoms with E-state index in [2.05, 4.69) is 4.98 Å². The Morgan fingerprint density at radius 2 is 2.07 bits per heavy atom. The lowest BCUT2D eigenvalue weighted by molar-refractivity contribution is 0.310. The first kappa shape index (κ1) is 9.58. The summed E-state index contributed by atoms with van der Waals surface area (Å²) >= 11 is 0. The van der Waals surface area contributed by atoms with Crippen LogP contribution in [0.4, 0.5) is 6.01 Å². The van der Waals surface area contributed by atoms with Gasteiger partial charge in [0.05, 0.1) is 12.8 Å². The SMILES string of the molecule is Nc1ncc(CCOc2ccccc2)o1. The number of benzene rings is 1. The lowest BCUT2D eigenvalue weighted by Gasteiger charge is -2.03. The lowest BCUT2D eigenvalue weighted by atomic mass is 10.3. The summed E-state index contributed by atoms with van der Waals surface area (Å²) in [6.07, 6.45) is 2.28. The average Bonchev–Trinajstić information content (AvgIpc) is 2.66. The van der Waals surface area contributed by atoms with Crippen LogP contribution in [0.5, 0.6) is 5.75 Å². The van der Waals surface area contributed by atoms with Gasteiger partial charge in [0.2, 0.25) is 0 Å². The van der Waals surface area contributed by atoms with E-state index in [1.54, 1.807) is 6.20 Å². The molecule has 2 rings (SSSR count). The highest BCUT2D eigenvalue weighted by Gasteiger charge is 2.00. The van der Waals surface area contributed by atoms with E-state index in [1.165, 1.54) is 0 Å². The summed E-state index contributed by atoms with van der Waals surface area (Å²) in [5.41, 5.74) is 5.34. The maximum absolute atomic E-state index is 5.49. The molecule has 4 nitrogen and oxygen atoms in total. The molecule has 0 saturated carbocycles. The molecule has 0 spiro atoms. The third kappa shape index (κ3) is 2.74. The molecule has 0 atom stereocenters. The molecule has 1 aromatic heterocycles. The second-order valence-electron chi connectivity index (χ2n) is 3.08. The molecule has 0 radical (unpaired) electrons. The van der Waals surface area contributed by atoms with E-state index in [9.17, 15) is 0 Å². The van der Waals surface area contributed by atoms with Crippen molar-refractivity contribution < 1.29 is 9.15 Å². The molecule has 2 aromatic rings. The third-order valence-electron chi connectivity index (χ3n) is 1.93. The van der Waals surface area contributed by atoms with Crippen LogP contribution in [0.15, 0.2) is 40.9 Å². The average molecular weight is 204 g/mol. The van der Waals surface area contributed by atoms with Gasteiger partial charge in [-0.2, -0.15) is 0 Å². The molecule has 4 heteroatoms. The van der Waals surface area contributed by atoms with E-state index in [0.29, 0.717) is 13.0 Å². The Hall–Kier alpha value is -1.97. The minimum Gasteiger partial charge on any atom is -0.493 e. The summed E-state index contributed by atoms with van der Waals surface area (Å²) in [4.78, 5) is 3.80.